The van der Waals surface area contributed by atoms with E-state index in [-0.39, 0.29) is 18.1 Å². The van der Waals surface area contributed by atoms with Gasteiger partial charge in [0.05, 0.1) is 6.10 Å². The van der Waals surface area contributed by atoms with Gasteiger partial charge in [-0.2, -0.15) is 5.10 Å². The number of aliphatic hydroxyl groups is 1. The fourth-order valence-electron chi connectivity index (χ4n) is 2.87. The standard InChI is InChI=1S/C16H20N4O2/c21-14-8-13(9-17-16(22)15-6-7-18-19-15)20(11-14)10-12-4-2-1-3-5-12/h1-7,13-14,21H,8-11H2,(H,17,22)(H,18,19). The van der Waals surface area contributed by atoms with Gasteiger partial charge in [-0.25, -0.2) is 0 Å². The minimum absolute atomic E-state index is 0.141. The molecule has 1 aliphatic heterocycles. The number of nitrogens with one attached hydrogen (secondary N) is 2. The molecule has 2 aromatic rings. The lowest BCUT2D eigenvalue weighted by atomic mass is 10.1. The lowest BCUT2D eigenvalue weighted by molar-refractivity contribution is 0.0935. The van der Waals surface area contributed by atoms with Crippen molar-refractivity contribution in [3.63, 3.8) is 0 Å². The van der Waals surface area contributed by atoms with Gasteiger partial charge in [0.25, 0.3) is 5.91 Å². The van der Waals surface area contributed by atoms with Crippen molar-refractivity contribution in [2.75, 3.05) is 13.1 Å². The fourth-order valence-corrected chi connectivity index (χ4v) is 2.87. The Hall–Kier alpha value is -2.18. The van der Waals surface area contributed by atoms with Crippen molar-refractivity contribution in [3.05, 3.63) is 53.9 Å². The first-order valence-electron chi connectivity index (χ1n) is 7.46. The van der Waals surface area contributed by atoms with E-state index in [4.69, 9.17) is 0 Å². The molecule has 2 heterocycles. The Kier molecular flexibility index (Phi) is 4.50. The van der Waals surface area contributed by atoms with Crippen LogP contribution in [0.25, 0.3) is 0 Å². The molecule has 1 aliphatic rings. The summed E-state index contributed by atoms with van der Waals surface area (Å²) in [6.07, 6.45) is 1.89. The smallest absolute Gasteiger partial charge is 0.269 e. The van der Waals surface area contributed by atoms with Crippen LogP contribution in [0.15, 0.2) is 42.6 Å². The Morgan fingerprint density at radius 1 is 1.36 bits per heavy atom. The first-order valence-corrected chi connectivity index (χ1v) is 7.46. The maximum Gasteiger partial charge on any atom is 0.269 e. The number of nitrogens with zero attached hydrogens (tertiary/aromatic N) is 2. The first-order chi connectivity index (χ1) is 10.7. The van der Waals surface area contributed by atoms with Crippen LogP contribution >= 0.6 is 0 Å². The number of carbonyl (C=O) groups is 1. The van der Waals surface area contributed by atoms with E-state index in [1.54, 1.807) is 12.3 Å². The summed E-state index contributed by atoms with van der Waals surface area (Å²) in [6, 6.07) is 11.9. The van der Waals surface area contributed by atoms with Gasteiger partial charge in [0.1, 0.15) is 5.69 Å². The Balaban J connectivity index is 1.58. The predicted octanol–water partition coefficient (Wildman–Crippen LogP) is 0.775. The number of hydrogen-bond donors (Lipinski definition) is 3. The molecule has 0 bridgehead atoms. The number of rotatable bonds is 5. The highest BCUT2D eigenvalue weighted by molar-refractivity contribution is 5.92. The number of carbonyl (C=O) groups excluding carboxylic acids is 1. The van der Waals surface area contributed by atoms with E-state index < -0.39 is 0 Å². The van der Waals surface area contributed by atoms with E-state index in [2.05, 4.69) is 32.5 Å². The molecule has 0 aliphatic carbocycles. The van der Waals surface area contributed by atoms with E-state index in [1.165, 1.54) is 5.56 Å². The Bertz CT molecular complexity index is 600. The summed E-state index contributed by atoms with van der Waals surface area (Å²) in [4.78, 5) is 14.2. The second kappa shape index (κ2) is 6.72. The zero-order valence-corrected chi connectivity index (χ0v) is 12.3. The molecular formula is C16H20N4O2. The molecule has 3 N–H and O–H groups in total. The lowest BCUT2D eigenvalue weighted by Gasteiger charge is -2.24. The van der Waals surface area contributed by atoms with Gasteiger partial charge < -0.3 is 10.4 Å². The van der Waals surface area contributed by atoms with Crippen molar-refractivity contribution < 1.29 is 9.90 Å². The molecule has 0 saturated carbocycles. The molecule has 2 unspecified atom stereocenters. The topological polar surface area (TPSA) is 81.2 Å². The first kappa shape index (κ1) is 14.7. The maximum atomic E-state index is 11.9. The summed E-state index contributed by atoms with van der Waals surface area (Å²) in [6.45, 7) is 1.93. The van der Waals surface area contributed by atoms with Crippen LogP contribution in [0.5, 0.6) is 0 Å². The van der Waals surface area contributed by atoms with Gasteiger partial charge in [0.2, 0.25) is 0 Å². The quantitative estimate of drug-likeness (QED) is 0.762. The highest BCUT2D eigenvalue weighted by Crippen LogP contribution is 2.20. The number of benzene rings is 1. The van der Waals surface area contributed by atoms with Gasteiger partial charge in [0, 0.05) is 31.9 Å². The third kappa shape index (κ3) is 3.52. The second-order valence-corrected chi connectivity index (χ2v) is 5.64. The van der Waals surface area contributed by atoms with Crippen LogP contribution in [-0.2, 0) is 6.54 Å². The monoisotopic (exact) mass is 300 g/mol. The van der Waals surface area contributed by atoms with Crippen LogP contribution in [0.1, 0.15) is 22.5 Å². The molecule has 1 amide bonds. The van der Waals surface area contributed by atoms with Crippen LogP contribution in [0.3, 0.4) is 0 Å². The van der Waals surface area contributed by atoms with E-state index >= 15 is 0 Å². The SMILES string of the molecule is O=C(NCC1CC(O)CN1Cc1ccccc1)c1ccn[nH]1. The number of β-amino-alcohol motifs (C(OH)–C–C–N with tert-alkyl or cyclic N) is 1. The summed E-state index contributed by atoms with van der Waals surface area (Å²) >= 11 is 0. The summed E-state index contributed by atoms with van der Waals surface area (Å²) in [5, 5.41) is 19.2. The largest absolute Gasteiger partial charge is 0.392 e. The number of H-pyrrole nitrogens is 1. The third-order valence-electron chi connectivity index (χ3n) is 3.98. The second-order valence-electron chi connectivity index (χ2n) is 5.64. The van der Waals surface area contributed by atoms with Crippen molar-refractivity contribution in [2.45, 2.75) is 25.1 Å². The lowest BCUT2D eigenvalue weighted by Crippen LogP contribution is -2.39. The summed E-state index contributed by atoms with van der Waals surface area (Å²) < 4.78 is 0. The average molecular weight is 300 g/mol. The molecule has 2 atom stereocenters. The molecule has 6 heteroatoms. The highest BCUT2D eigenvalue weighted by atomic mass is 16.3. The molecule has 1 aromatic heterocycles. The Labute approximate surface area is 129 Å². The summed E-state index contributed by atoms with van der Waals surface area (Å²) in [5.41, 5.74) is 1.66. The molecular weight excluding hydrogens is 280 g/mol. The van der Waals surface area contributed by atoms with Gasteiger partial charge in [-0.05, 0) is 18.1 Å². The van der Waals surface area contributed by atoms with Crippen LogP contribution in [-0.4, -0.2) is 51.3 Å². The molecule has 1 aromatic carbocycles. The normalized spacial score (nSPS) is 21.9. The average Bonchev–Trinajstić information content (AvgIpc) is 3.16. The Morgan fingerprint density at radius 3 is 2.91 bits per heavy atom. The zero-order valence-electron chi connectivity index (χ0n) is 12.3. The number of aromatic amines is 1. The maximum absolute atomic E-state index is 11.9. The minimum atomic E-state index is -0.335. The van der Waals surface area contributed by atoms with Crippen LogP contribution in [0, 0.1) is 0 Å². The van der Waals surface area contributed by atoms with E-state index in [1.807, 2.05) is 18.2 Å². The van der Waals surface area contributed by atoms with Gasteiger partial charge in [-0.15, -0.1) is 0 Å². The van der Waals surface area contributed by atoms with Gasteiger partial charge in [-0.1, -0.05) is 30.3 Å². The van der Waals surface area contributed by atoms with Crippen molar-refractivity contribution in [1.29, 1.82) is 0 Å². The van der Waals surface area contributed by atoms with E-state index in [0.29, 0.717) is 25.2 Å². The van der Waals surface area contributed by atoms with Gasteiger partial charge in [-0.3, -0.25) is 14.8 Å². The minimum Gasteiger partial charge on any atom is -0.392 e. The Morgan fingerprint density at radius 2 is 2.18 bits per heavy atom. The number of aromatic nitrogens is 2. The van der Waals surface area contributed by atoms with Gasteiger partial charge in [0.15, 0.2) is 0 Å². The van der Waals surface area contributed by atoms with Crippen molar-refractivity contribution in [1.82, 2.24) is 20.4 Å². The summed E-state index contributed by atoms with van der Waals surface area (Å²) in [5.74, 6) is -0.168. The highest BCUT2D eigenvalue weighted by Gasteiger charge is 2.31. The van der Waals surface area contributed by atoms with Crippen molar-refractivity contribution in [2.24, 2.45) is 0 Å². The molecule has 6 nitrogen and oxygen atoms in total. The molecule has 3 rings (SSSR count). The molecule has 22 heavy (non-hydrogen) atoms. The summed E-state index contributed by atoms with van der Waals surface area (Å²) in [7, 11) is 0. The van der Waals surface area contributed by atoms with Crippen LogP contribution in [0.2, 0.25) is 0 Å². The fraction of sp³-hybridized carbons (Fsp3) is 0.375. The van der Waals surface area contributed by atoms with Crippen LogP contribution in [0.4, 0.5) is 0 Å². The third-order valence-corrected chi connectivity index (χ3v) is 3.98. The molecule has 0 spiro atoms. The number of likely N-dealkylation sites (tertiary alicyclic amines) is 1. The number of aliphatic hydroxyl groups excluding tert-OH is 1. The molecule has 1 fully saturated rings. The van der Waals surface area contributed by atoms with Crippen molar-refractivity contribution >= 4 is 5.91 Å². The number of hydrogen-bond acceptors (Lipinski definition) is 4. The van der Waals surface area contributed by atoms with Crippen LogP contribution < -0.4 is 5.32 Å². The molecule has 116 valence electrons. The predicted molar refractivity (Wildman–Crippen MR) is 82.2 cm³/mol. The van der Waals surface area contributed by atoms with Gasteiger partial charge >= 0.3 is 0 Å². The van der Waals surface area contributed by atoms with E-state index in [0.717, 1.165) is 6.54 Å². The zero-order chi connectivity index (χ0) is 15.4. The van der Waals surface area contributed by atoms with Crippen molar-refractivity contribution in [3.8, 4) is 0 Å². The molecule has 1 saturated heterocycles. The molecule has 0 radical (unpaired) electrons. The van der Waals surface area contributed by atoms with E-state index in [9.17, 15) is 9.90 Å². The number of amides is 1.